The molecule has 1 amide bonds. The van der Waals surface area contributed by atoms with E-state index in [4.69, 9.17) is 4.74 Å². The number of halogens is 3. The number of aromatic nitrogens is 1. The topological polar surface area (TPSA) is 72.5 Å². The number of alkyl halides is 3. The number of amides is 1. The number of carbonyl (C=O) groups is 1. The average molecular weight is 333 g/mol. The Bertz CT molecular complexity index is 539. The van der Waals surface area contributed by atoms with Crippen molar-refractivity contribution in [1.82, 2.24) is 15.6 Å². The fraction of sp³-hybridized carbons (Fsp3) is 0.571. The molecule has 23 heavy (non-hydrogen) atoms. The van der Waals surface area contributed by atoms with Gasteiger partial charge in [-0.25, -0.2) is 4.98 Å². The predicted octanol–water partition coefficient (Wildman–Crippen LogP) is 1.02. The second kappa shape index (κ2) is 7.60. The Morgan fingerprint density at radius 3 is 3.04 bits per heavy atom. The molecular formula is C14H18F3N3O3. The Morgan fingerprint density at radius 1 is 1.57 bits per heavy atom. The molecule has 128 valence electrons. The van der Waals surface area contributed by atoms with Crippen LogP contribution in [0.2, 0.25) is 0 Å². The van der Waals surface area contributed by atoms with E-state index < -0.39 is 18.8 Å². The van der Waals surface area contributed by atoms with Gasteiger partial charge >= 0.3 is 6.18 Å². The molecule has 0 saturated carbocycles. The highest BCUT2D eigenvalue weighted by Gasteiger charge is 2.30. The summed E-state index contributed by atoms with van der Waals surface area (Å²) in [4.78, 5) is 15.9. The molecule has 0 aromatic carbocycles. The van der Waals surface area contributed by atoms with Crippen LogP contribution in [0.3, 0.4) is 0 Å². The third-order valence-corrected chi connectivity index (χ3v) is 3.27. The van der Waals surface area contributed by atoms with Gasteiger partial charge in [-0.3, -0.25) is 4.79 Å². The minimum absolute atomic E-state index is 0.0186. The second-order valence-corrected chi connectivity index (χ2v) is 5.10. The molecule has 0 aliphatic carbocycles. The Morgan fingerprint density at radius 2 is 2.35 bits per heavy atom. The minimum atomic E-state index is -4.45. The van der Waals surface area contributed by atoms with E-state index in [9.17, 15) is 18.0 Å². The Hall–Kier alpha value is -1.87. The molecule has 1 saturated heterocycles. The third kappa shape index (κ3) is 5.36. The van der Waals surface area contributed by atoms with Gasteiger partial charge in [0.25, 0.3) is 0 Å². The van der Waals surface area contributed by atoms with E-state index in [0.29, 0.717) is 18.7 Å². The quantitative estimate of drug-likeness (QED) is 0.842. The number of nitrogens with one attached hydrogen (secondary N) is 2. The second-order valence-electron chi connectivity index (χ2n) is 5.10. The van der Waals surface area contributed by atoms with Gasteiger partial charge in [0, 0.05) is 24.8 Å². The van der Waals surface area contributed by atoms with Crippen molar-refractivity contribution in [3.8, 4) is 5.88 Å². The lowest BCUT2D eigenvalue weighted by atomic mass is 10.1. The first kappa shape index (κ1) is 17.5. The van der Waals surface area contributed by atoms with E-state index in [0.717, 1.165) is 0 Å². The normalized spacial score (nSPS) is 21.7. The molecule has 0 spiro atoms. The number of hydrogen-bond acceptors (Lipinski definition) is 5. The predicted molar refractivity (Wildman–Crippen MR) is 74.8 cm³/mol. The van der Waals surface area contributed by atoms with Crippen LogP contribution >= 0.6 is 0 Å². The highest BCUT2D eigenvalue weighted by atomic mass is 19.4. The lowest BCUT2D eigenvalue weighted by molar-refractivity contribution is -0.154. The van der Waals surface area contributed by atoms with Gasteiger partial charge in [0.05, 0.1) is 12.7 Å². The van der Waals surface area contributed by atoms with Gasteiger partial charge in [0.2, 0.25) is 11.8 Å². The summed E-state index contributed by atoms with van der Waals surface area (Å²) in [6, 6.07) is 2.61. The summed E-state index contributed by atoms with van der Waals surface area (Å²) in [5.74, 6) is -0.436. The van der Waals surface area contributed by atoms with Crippen LogP contribution in [0.4, 0.5) is 13.2 Å². The highest BCUT2D eigenvalue weighted by Crippen LogP contribution is 2.20. The molecule has 1 aromatic heterocycles. The molecule has 2 heterocycles. The molecule has 0 unspecified atom stereocenters. The zero-order valence-corrected chi connectivity index (χ0v) is 12.5. The van der Waals surface area contributed by atoms with E-state index in [1.54, 1.807) is 19.1 Å². The minimum Gasteiger partial charge on any atom is -0.468 e. The smallest absolute Gasteiger partial charge is 0.422 e. The number of rotatable bonds is 5. The molecule has 1 aliphatic rings. The summed E-state index contributed by atoms with van der Waals surface area (Å²) in [5.41, 5.74) is 0.370. The number of pyridine rings is 1. The van der Waals surface area contributed by atoms with Crippen molar-refractivity contribution in [2.75, 3.05) is 19.8 Å². The van der Waals surface area contributed by atoms with Gasteiger partial charge in [-0.1, -0.05) is 6.07 Å². The van der Waals surface area contributed by atoms with Gasteiger partial charge < -0.3 is 20.1 Å². The van der Waals surface area contributed by atoms with Crippen molar-refractivity contribution < 1.29 is 27.4 Å². The molecule has 1 aromatic rings. The van der Waals surface area contributed by atoms with Crippen molar-refractivity contribution in [1.29, 1.82) is 0 Å². The number of hydrogen-bond donors (Lipinski definition) is 2. The first-order valence-corrected chi connectivity index (χ1v) is 7.13. The fourth-order valence-electron chi connectivity index (χ4n) is 2.16. The summed E-state index contributed by atoms with van der Waals surface area (Å²) in [5, 5.41) is 5.69. The van der Waals surface area contributed by atoms with Gasteiger partial charge in [0.1, 0.15) is 6.04 Å². The van der Waals surface area contributed by atoms with Crippen LogP contribution in [0, 0.1) is 0 Å². The van der Waals surface area contributed by atoms with Crippen LogP contribution in [-0.2, 0) is 16.1 Å². The summed E-state index contributed by atoms with van der Waals surface area (Å²) < 4.78 is 46.7. The molecule has 2 N–H and O–H groups in total. The average Bonchev–Trinajstić information content (AvgIpc) is 2.51. The van der Waals surface area contributed by atoms with Crippen molar-refractivity contribution >= 4 is 5.91 Å². The highest BCUT2D eigenvalue weighted by molar-refractivity contribution is 5.82. The number of morpholine rings is 1. The zero-order chi connectivity index (χ0) is 16.9. The van der Waals surface area contributed by atoms with Crippen LogP contribution in [0.25, 0.3) is 0 Å². The van der Waals surface area contributed by atoms with Gasteiger partial charge in [-0.05, 0) is 13.0 Å². The number of carbonyl (C=O) groups excluding carboxylic acids is 1. The van der Waals surface area contributed by atoms with Crippen molar-refractivity contribution in [2.24, 2.45) is 0 Å². The van der Waals surface area contributed by atoms with E-state index in [1.807, 2.05) is 0 Å². The van der Waals surface area contributed by atoms with Crippen LogP contribution in [0.1, 0.15) is 12.5 Å². The standard InChI is InChI=1S/C14H18F3N3O3/c1-9-11(18-5-6-22-9)12(21)20-7-10-3-2-4-19-13(10)23-8-14(15,16)17/h2-4,9,11,18H,5-8H2,1H3,(H,20,21)/t9-,11+/m1/s1. The third-order valence-electron chi connectivity index (χ3n) is 3.27. The van der Waals surface area contributed by atoms with Crippen LogP contribution in [0.15, 0.2) is 18.3 Å². The zero-order valence-electron chi connectivity index (χ0n) is 12.5. The van der Waals surface area contributed by atoms with Gasteiger partial charge in [0.15, 0.2) is 6.61 Å². The number of ether oxygens (including phenoxy) is 2. The largest absolute Gasteiger partial charge is 0.468 e. The lowest BCUT2D eigenvalue weighted by Gasteiger charge is -2.29. The van der Waals surface area contributed by atoms with Crippen LogP contribution in [-0.4, -0.2) is 49.0 Å². The maximum absolute atomic E-state index is 12.2. The van der Waals surface area contributed by atoms with Crippen molar-refractivity contribution in [2.45, 2.75) is 31.8 Å². The van der Waals surface area contributed by atoms with E-state index >= 15 is 0 Å². The van der Waals surface area contributed by atoms with E-state index in [1.165, 1.54) is 6.20 Å². The SMILES string of the molecule is C[C@H]1OCCN[C@@H]1C(=O)NCc1cccnc1OCC(F)(F)F. The first-order valence-electron chi connectivity index (χ1n) is 7.13. The molecule has 2 rings (SSSR count). The van der Waals surface area contributed by atoms with E-state index in [2.05, 4.69) is 20.4 Å². The molecule has 0 bridgehead atoms. The maximum Gasteiger partial charge on any atom is 0.422 e. The lowest BCUT2D eigenvalue weighted by Crippen LogP contribution is -2.55. The fourth-order valence-corrected chi connectivity index (χ4v) is 2.16. The molecule has 6 nitrogen and oxygen atoms in total. The summed E-state index contributed by atoms with van der Waals surface area (Å²) in [7, 11) is 0. The van der Waals surface area contributed by atoms with Crippen molar-refractivity contribution in [3.63, 3.8) is 0 Å². The first-order chi connectivity index (χ1) is 10.9. The monoisotopic (exact) mass is 333 g/mol. The van der Waals surface area contributed by atoms with Crippen LogP contribution < -0.4 is 15.4 Å². The summed E-state index contributed by atoms with van der Waals surface area (Å²) >= 11 is 0. The summed E-state index contributed by atoms with van der Waals surface area (Å²) in [6.45, 7) is 1.46. The Balaban J connectivity index is 1.93. The molecule has 1 aliphatic heterocycles. The molecule has 2 atom stereocenters. The van der Waals surface area contributed by atoms with Gasteiger partial charge in [-0.2, -0.15) is 13.2 Å². The molecule has 1 fully saturated rings. The number of nitrogens with zero attached hydrogens (tertiary/aromatic N) is 1. The van der Waals surface area contributed by atoms with Crippen molar-refractivity contribution in [3.05, 3.63) is 23.9 Å². The Labute approximate surface area is 131 Å². The Kier molecular flexibility index (Phi) is 5.78. The van der Waals surface area contributed by atoms with Gasteiger partial charge in [-0.15, -0.1) is 0 Å². The maximum atomic E-state index is 12.2. The summed E-state index contributed by atoms with van der Waals surface area (Å²) in [6.07, 6.45) is -3.40. The van der Waals surface area contributed by atoms with E-state index in [-0.39, 0.29) is 24.4 Å². The van der Waals surface area contributed by atoms with Crippen LogP contribution in [0.5, 0.6) is 5.88 Å². The molecule has 0 radical (unpaired) electrons. The molecule has 9 heteroatoms. The molecular weight excluding hydrogens is 315 g/mol.